The van der Waals surface area contributed by atoms with Gasteiger partial charge >= 0.3 is 0 Å². The number of amides is 1. The number of hydrogen-bond acceptors (Lipinski definition) is 6. The van der Waals surface area contributed by atoms with Gasteiger partial charge in [-0.25, -0.2) is 0 Å². The standard InChI is InChI=1S/C18H19ClN2O3S2/c1-12-2-5-14(6-3-12)26-25-9-8-20-18(23)16(21-24)11-13-4-7-17(22)15(19)10-13/h2-7,10,22,24H,8-9,11H2,1H3,(H,20,23)/b21-16+. The highest BCUT2D eigenvalue weighted by atomic mass is 35.5. The summed E-state index contributed by atoms with van der Waals surface area (Å²) in [5, 5.41) is 24.5. The Kier molecular flexibility index (Phi) is 8.15. The maximum atomic E-state index is 12.1. The van der Waals surface area contributed by atoms with Gasteiger partial charge in [-0.2, -0.15) is 0 Å². The molecule has 0 aliphatic rings. The second kappa shape index (κ2) is 10.4. The van der Waals surface area contributed by atoms with Gasteiger partial charge in [-0.05, 0) is 36.8 Å². The number of phenolic OH excluding ortho intramolecular Hbond substituents is 1. The molecule has 0 unspecified atom stereocenters. The van der Waals surface area contributed by atoms with Crippen molar-refractivity contribution in [2.75, 3.05) is 12.3 Å². The molecule has 26 heavy (non-hydrogen) atoms. The number of nitrogens with one attached hydrogen (secondary N) is 1. The van der Waals surface area contributed by atoms with Crippen LogP contribution in [0.4, 0.5) is 0 Å². The molecule has 3 N–H and O–H groups in total. The minimum absolute atomic E-state index is 0.0112. The van der Waals surface area contributed by atoms with Gasteiger partial charge in [-0.1, -0.05) is 62.1 Å². The molecule has 0 fully saturated rings. The van der Waals surface area contributed by atoms with Crippen molar-refractivity contribution in [2.24, 2.45) is 5.16 Å². The summed E-state index contributed by atoms with van der Waals surface area (Å²) in [7, 11) is 3.28. The van der Waals surface area contributed by atoms with Gasteiger partial charge in [0.05, 0.1) is 5.02 Å². The van der Waals surface area contributed by atoms with Gasteiger partial charge in [0.25, 0.3) is 5.91 Å². The topological polar surface area (TPSA) is 81.9 Å². The average molecular weight is 411 g/mol. The molecule has 0 aliphatic carbocycles. The van der Waals surface area contributed by atoms with Crippen LogP contribution in [0.15, 0.2) is 52.5 Å². The molecule has 0 aromatic heterocycles. The van der Waals surface area contributed by atoms with E-state index >= 15 is 0 Å². The van der Waals surface area contributed by atoms with Crippen molar-refractivity contribution in [3.8, 4) is 5.75 Å². The Bertz CT molecular complexity index is 783. The van der Waals surface area contributed by atoms with E-state index in [0.29, 0.717) is 17.9 Å². The fraction of sp³-hybridized carbons (Fsp3) is 0.222. The number of nitrogens with zero attached hydrogens (tertiary/aromatic N) is 1. The molecule has 0 spiro atoms. The number of benzene rings is 2. The molecule has 0 saturated heterocycles. The van der Waals surface area contributed by atoms with E-state index in [9.17, 15) is 9.90 Å². The smallest absolute Gasteiger partial charge is 0.269 e. The van der Waals surface area contributed by atoms with Crippen LogP contribution >= 0.6 is 33.2 Å². The Labute approximate surface area is 165 Å². The highest BCUT2D eigenvalue weighted by Crippen LogP contribution is 2.30. The maximum absolute atomic E-state index is 12.1. The first-order chi connectivity index (χ1) is 12.5. The predicted octanol–water partition coefficient (Wildman–Crippen LogP) is 4.28. The Morgan fingerprint density at radius 3 is 2.62 bits per heavy atom. The fourth-order valence-electron chi connectivity index (χ4n) is 2.03. The Morgan fingerprint density at radius 1 is 1.23 bits per heavy atom. The first-order valence-corrected chi connectivity index (χ1v) is 10.5. The van der Waals surface area contributed by atoms with Crippen molar-refractivity contribution in [1.29, 1.82) is 0 Å². The zero-order valence-corrected chi connectivity index (χ0v) is 16.5. The molecule has 0 saturated carbocycles. The molecular weight excluding hydrogens is 392 g/mol. The highest BCUT2D eigenvalue weighted by Gasteiger charge is 2.13. The lowest BCUT2D eigenvalue weighted by molar-refractivity contribution is -0.114. The van der Waals surface area contributed by atoms with Crippen molar-refractivity contribution < 1.29 is 15.1 Å². The zero-order chi connectivity index (χ0) is 18.9. The van der Waals surface area contributed by atoms with Gasteiger partial charge in [0.15, 0.2) is 0 Å². The van der Waals surface area contributed by atoms with E-state index in [2.05, 4.69) is 34.7 Å². The van der Waals surface area contributed by atoms with Crippen molar-refractivity contribution in [3.05, 3.63) is 58.6 Å². The zero-order valence-electron chi connectivity index (χ0n) is 14.1. The molecule has 0 atom stereocenters. The lowest BCUT2D eigenvalue weighted by Gasteiger charge is -2.07. The van der Waals surface area contributed by atoms with Crippen LogP contribution in [0.1, 0.15) is 11.1 Å². The second-order valence-electron chi connectivity index (χ2n) is 5.48. The normalized spacial score (nSPS) is 11.4. The molecule has 8 heteroatoms. The van der Waals surface area contributed by atoms with E-state index in [1.807, 2.05) is 6.92 Å². The molecule has 5 nitrogen and oxygen atoms in total. The van der Waals surface area contributed by atoms with Crippen LogP contribution in [0.2, 0.25) is 5.02 Å². The second-order valence-corrected chi connectivity index (χ2v) is 8.38. The van der Waals surface area contributed by atoms with Gasteiger partial charge in [-0.15, -0.1) is 0 Å². The third-order valence-corrected chi connectivity index (χ3v) is 6.10. The third-order valence-electron chi connectivity index (χ3n) is 3.41. The molecule has 0 heterocycles. The molecular formula is C18H19ClN2O3S2. The van der Waals surface area contributed by atoms with Crippen LogP contribution in [-0.2, 0) is 11.2 Å². The van der Waals surface area contributed by atoms with Crippen molar-refractivity contribution >= 4 is 44.8 Å². The lowest BCUT2D eigenvalue weighted by atomic mass is 10.1. The Balaban J connectivity index is 1.74. The monoisotopic (exact) mass is 410 g/mol. The minimum Gasteiger partial charge on any atom is -0.506 e. The number of carbonyl (C=O) groups excluding carboxylic acids is 1. The third kappa shape index (κ3) is 6.48. The van der Waals surface area contributed by atoms with E-state index in [0.717, 1.165) is 4.90 Å². The number of phenols is 1. The van der Waals surface area contributed by atoms with Crippen molar-refractivity contribution in [3.63, 3.8) is 0 Å². The van der Waals surface area contributed by atoms with E-state index in [1.165, 1.54) is 17.7 Å². The van der Waals surface area contributed by atoms with E-state index in [-0.39, 0.29) is 22.9 Å². The van der Waals surface area contributed by atoms with Gasteiger partial charge in [0.2, 0.25) is 0 Å². The molecule has 0 bridgehead atoms. The summed E-state index contributed by atoms with van der Waals surface area (Å²) in [4.78, 5) is 13.3. The predicted molar refractivity (Wildman–Crippen MR) is 109 cm³/mol. The number of oxime groups is 1. The summed E-state index contributed by atoms with van der Waals surface area (Å²) in [6.45, 7) is 2.50. The highest BCUT2D eigenvalue weighted by molar-refractivity contribution is 8.76. The molecule has 2 aromatic carbocycles. The quantitative estimate of drug-likeness (QED) is 0.199. The molecule has 0 radical (unpaired) electrons. The number of aromatic hydroxyl groups is 1. The number of hydrogen-bond donors (Lipinski definition) is 3. The van der Waals surface area contributed by atoms with Gasteiger partial charge in [0, 0.05) is 23.6 Å². The summed E-state index contributed by atoms with van der Waals surface area (Å²) in [5.41, 5.74) is 1.88. The minimum atomic E-state index is -0.433. The average Bonchev–Trinajstić information content (AvgIpc) is 2.63. The first kappa shape index (κ1) is 20.5. The van der Waals surface area contributed by atoms with Crippen LogP contribution in [0, 0.1) is 6.92 Å². The van der Waals surface area contributed by atoms with Crippen LogP contribution in [-0.4, -0.2) is 34.2 Å². The van der Waals surface area contributed by atoms with Crippen LogP contribution in [0.25, 0.3) is 0 Å². The van der Waals surface area contributed by atoms with Crippen molar-refractivity contribution in [1.82, 2.24) is 5.32 Å². The number of halogens is 1. The lowest BCUT2D eigenvalue weighted by Crippen LogP contribution is -2.33. The van der Waals surface area contributed by atoms with E-state index in [1.54, 1.807) is 27.7 Å². The molecule has 0 aliphatic heterocycles. The maximum Gasteiger partial charge on any atom is 0.269 e. The fourth-order valence-corrected chi connectivity index (χ4v) is 4.12. The van der Waals surface area contributed by atoms with E-state index < -0.39 is 5.91 Å². The van der Waals surface area contributed by atoms with Crippen LogP contribution in [0.3, 0.4) is 0 Å². The van der Waals surface area contributed by atoms with Gasteiger partial charge in [-0.3, -0.25) is 4.79 Å². The molecule has 1 amide bonds. The Morgan fingerprint density at radius 2 is 1.96 bits per heavy atom. The van der Waals surface area contributed by atoms with Gasteiger partial charge in [0.1, 0.15) is 11.5 Å². The number of rotatable bonds is 8. The first-order valence-electron chi connectivity index (χ1n) is 7.82. The SMILES string of the molecule is Cc1ccc(SSCCNC(=O)/C(Cc2ccc(O)c(Cl)c2)=N/O)cc1. The summed E-state index contributed by atoms with van der Waals surface area (Å²) in [6, 6.07) is 12.8. The summed E-state index contributed by atoms with van der Waals surface area (Å²) < 4.78 is 0. The van der Waals surface area contributed by atoms with Gasteiger partial charge < -0.3 is 15.6 Å². The van der Waals surface area contributed by atoms with Crippen molar-refractivity contribution in [2.45, 2.75) is 18.2 Å². The Hall–Kier alpha value is -1.83. The number of carbonyl (C=O) groups is 1. The largest absolute Gasteiger partial charge is 0.506 e. The van der Waals surface area contributed by atoms with E-state index in [4.69, 9.17) is 16.8 Å². The number of aryl methyl sites for hydroxylation is 1. The van der Waals surface area contributed by atoms with Crippen LogP contribution in [0.5, 0.6) is 5.75 Å². The summed E-state index contributed by atoms with van der Waals surface area (Å²) >= 11 is 5.84. The molecule has 2 rings (SSSR count). The summed E-state index contributed by atoms with van der Waals surface area (Å²) in [6.07, 6.45) is 0.119. The summed E-state index contributed by atoms with van der Waals surface area (Å²) in [5.74, 6) is 0.247. The molecule has 138 valence electrons. The van der Waals surface area contributed by atoms with Crippen LogP contribution < -0.4 is 5.32 Å². The molecule has 2 aromatic rings.